The van der Waals surface area contributed by atoms with Crippen molar-refractivity contribution >= 4 is 17.7 Å². The van der Waals surface area contributed by atoms with Gasteiger partial charge in [-0.1, -0.05) is 27.2 Å². The number of nitrogens with zero attached hydrogens (tertiary/aromatic N) is 5. The van der Waals surface area contributed by atoms with Crippen LogP contribution in [0.15, 0.2) is 0 Å². The second-order valence-corrected chi connectivity index (χ2v) is 12.8. The van der Waals surface area contributed by atoms with E-state index in [1.165, 1.54) is 0 Å². The third-order valence-electron chi connectivity index (χ3n) is 9.43. The Bertz CT molecular complexity index is 1020. The van der Waals surface area contributed by atoms with Gasteiger partial charge in [-0.25, -0.2) is 0 Å². The zero-order chi connectivity index (χ0) is 26.8. The van der Waals surface area contributed by atoms with E-state index in [1.807, 2.05) is 9.47 Å². The molecule has 4 aliphatic heterocycles. The van der Waals surface area contributed by atoms with E-state index in [1.54, 1.807) is 0 Å². The average Bonchev–Trinajstić information content (AvgIpc) is 3.14. The summed E-state index contributed by atoms with van der Waals surface area (Å²) < 4.78 is 2.04. The molecule has 1 aromatic rings. The van der Waals surface area contributed by atoms with Crippen LogP contribution in [0, 0.1) is 23.7 Å². The van der Waals surface area contributed by atoms with Gasteiger partial charge in [0, 0.05) is 57.5 Å². The molecule has 0 unspecified atom stereocenters. The van der Waals surface area contributed by atoms with Crippen LogP contribution >= 0.6 is 0 Å². The number of nitrogens with one attached hydrogen (secondary N) is 1. The van der Waals surface area contributed by atoms with Crippen molar-refractivity contribution in [3.63, 3.8) is 0 Å². The van der Waals surface area contributed by atoms with E-state index in [4.69, 9.17) is 0 Å². The average molecular weight is 527 g/mol. The Kier molecular flexibility index (Phi) is 8.38. The molecule has 5 heterocycles. The van der Waals surface area contributed by atoms with Crippen molar-refractivity contribution in [3.05, 3.63) is 11.6 Å². The molecule has 9 nitrogen and oxygen atoms in total. The Balaban J connectivity index is 1.32. The van der Waals surface area contributed by atoms with E-state index in [9.17, 15) is 14.4 Å². The summed E-state index contributed by atoms with van der Waals surface area (Å²) in [6.45, 7) is 9.30. The fraction of sp³-hybridized carbons (Fsp3) is 0.828. The van der Waals surface area contributed by atoms with Crippen LogP contribution < -0.4 is 5.32 Å². The van der Waals surface area contributed by atoms with Crippen LogP contribution in [0.1, 0.15) is 101 Å². The Morgan fingerprint density at radius 1 is 0.974 bits per heavy atom. The topological polar surface area (TPSA) is 100 Å². The number of carbonyl (C=O) groups excluding carboxylic acids is 3. The van der Waals surface area contributed by atoms with Crippen LogP contribution in [-0.4, -0.2) is 74.0 Å². The van der Waals surface area contributed by atoms with Crippen molar-refractivity contribution in [2.24, 2.45) is 23.7 Å². The van der Waals surface area contributed by atoms with Crippen LogP contribution in [0.25, 0.3) is 0 Å². The van der Waals surface area contributed by atoms with Gasteiger partial charge in [0.15, 0.2) is 0 Å². The highest BCUT2D eigenvalue weighted by atomic mass is 16.2. The standard InChI is InChI=1S/C29H46N6O3/c1-19(2)23-12-11-20(3)14-27(37)35-17-21-15-22(24(35)8-7-10-26(36)30-23)18-33(16-21)29(38)28-32-31-25-9-5-4-6-13-34(25)28/h19-24H,4-18H2,1-3H3,(H,30,36)/t20-,21+,22+,23+,24+/m1/s1. The number of aromatic nitrogens is 3. The number of amides is 3. The van der Waals surface area contributed by atoms with Gasteiger partial charge in [-0.15, -0.1) is 10.2 Å². The molecule has 0 radical (unpaired) electrons. The molecule has 3 fully saturated rings. The first-order valence-electron chi connectivity index (χ1n) is 15.1. The highest BCUT2D eigenvalue weighted by Gasteiger charge is 2.44. The third-order valence-corrected chi connectivity index (χ3v) is 9.43. The predicted molar refractivity (Wildman–Crippen MR) is 144 cm³/mol. The largest absolute Gasteiger partial charge is 0.353 e. The summed E-state index contributed by atoms with van der Waals surface area (Å²) in [5, 5.41) is 11.9. The molecule has 0 spiro atoms. The van der Waals surface area contributed by atoms with Gasteiger partial charge in [0.25, 0.3) is 5.91 Å². The monoisotopic (exact) mass is 526 g/mol. The van der Waals surface area contributed by atoms with E-state index in [2.05, 4.69) is 41.2 Å². The minimum atomic E-state index is -0.0162. The number of rotatable bonds is 2. The summed E-state index contributed by atoms with van der Waals surface area (Å²) in [5.74, 6) is 2.94. The Hall–Kier alpha value is -2.45. The smallest absolute Gasteiger partial charge is 0.291 e. The second-order valence-electron chi connectivity index (χ2n) is 12.8. The number of fused-ring (bicyclic) bond motifs is 5. The molecule has 4 aliphatic rings. The quantitative estimate of drug-likeness (QED) is 0.636. The second kappa shape index (κ2) is 11.7. The van der Waals surface area contributed by atoms with Crippen LogP contribution in [-0.2, 0) is 22.6 Å². The van der Waals surface area contributed by atoms with Crippen LogP contribution in [0.2, 0.25) is 0 Å². The highest BCUT2D eigenvalue weighted by molar-refractivity contribution is 5.91. The van der Waals surface area contributed by atoms with Crippen molar-refractivity contribution in [2.45, 2.75) is 110 Å². The first-order valence-corrected chi connectivity index (χ1v) is 15.1. The lowest BCUT2D eigenvalue weighted by Crippen LogP contribution is -2.60. The van der Waals surface area contributed by atoms with Crippen molar-refractivity contribution in [2.75, 3.05) is 19.6 Å². The Morgan fingerprint density at radius 2 is 1.82 bits per heavy atom. The molecule has 3 amide bonds. The highest BCUT2D eigenvalue weighted by Crippen LogP contribution is 2.37. The normalized spacial score (nSPS) is 31.3. The summed E-state index contributed by atoms with van der Waals surface area (Å²) in [6.07, 6.45) is 9.69. The maximum atomic E-state index is 13.7. The molecule has 38 heavy (non-hydrogen) atoms. The predicted octanol–water partition coefficient (Wildman–Crippen LogP) is 3.42. The van der Waals surface area contributed by atoms with E-state index in [0.29, 0.717) is 44.2 Å². The Morgan fingerprint density at radius 3 is 2.63 bits per heavy atom. The van der Waals surface area contributed by atoms with Crippen molar-refractivity contribution < 1.29 is 14.4 Å². The SMILES string of the molecule is CC(C)[C@@H]1CC[C@@H](C)CC(=O)N2C[C@H]3C[C@@H](CN(C(=O)c4nnc5n4CCCCC5)C3)[C@@H]2CCCC(=O)N1. The minimum Gasteiger partial charge on any atom is -0.353 e. The van der Waals surface area contributed by atoms with E-state index >= 15 is 0 Å². The van der Waals surface area contributed by atoms with Crippen molar-refractivity contribution in [1.82, 2.24) is 29.9 Å². The number of hydrogen-bond acceptors (Lipinski definition) is 5. The van der Waals surface area contributed by atoms with E-state index < -0.39 is 0 Å². The van der Waals surface area contributed by atoms with Crippen molar-refractivity contribution in [3.8, 4) is 0 Å². The molecule has 210 valence electrons. The summed E-state index contributed by atoms with van der Waals surface area (Å²) in [6, 6.07) is 0.237. The first kappa shape index (κ1) is 27.1. The number of carbonyl (C=O) groups is 3. The van der Waals surface area contributed by atoms with Gasteiger partial charge < -0.3 is 19.7 Å². The zero-order valence-corrected chi connectivity index (χ0v) is 23.5. The molecule has 0 saturated carbocycles. The molecule has 9 heteroatoms. The fourth-order valence-corrected chi connectivity index (χ4v) is 7.26. The number of likely N-dealkylation sites (tertiary alicyclic amines) is 1. The van der Waals surface area contributed by atoms with Crippen LogP contribution in [0.3, 0.4) is 0 Å². The lowest BCUT2D eigenvalue weighted by Gasteiger charge is -2.51. The van der Waals surface area contributed by atoms with Crippen molar-refractivity contribution in [1.29, 1.82) is 0 Å². The first-order chi connectivity index (χ1) is 18.3. The molecule has 1 N–H and O–H groups in total. The third kappa shape index (κ3) is 5.91. The van der Waals surface area contributed by atoms with Gasteiger partial charge >= 0.3 is 0 Å². The maximum absolute atomic E-state index is 13.7. The fourth-order valence-electron chi connectivity index (χ4n) is 7.26. The summed E-state index contributed by atoms with van der Waals surface area (Å²) in [5.41, 5.74) is 0. The lowest BCUT2D eigenvalue weighted by molar-refractivity contribution is -0.141. The van der Waals surface area contributed by atoms with Gasteiger partial charge in [0.2, 0.25) is 17.6 Å². The van der Waals surface area contributed by atoms with Gasteiger partial charge in [-0.3, -0.25) is 14.4 Å². The molecule has 5 rings (SSSR count). The maximum Gasteiger partial charge on any atom is 0.291 e. The molecule has 3 saturated heterocycles. The van der Waals surface area contributed by atoms with Gasteiger partial charge in [0.1, 0.15) is 5.82 Å². The van der Waals surface area contributed by atoms with Gasteiger partial charge in [-0.05, 0) is 68.6 Å². The molecule has 1 aromatic heterocycles. The zero-order valence-electron chi connectivity index (χ0n) is 23.5. The summed E-state index contributed by atoms with van der Waals surface area (Å²) in [4.78, 5) is 44.2. The minimum absolute atomic E-state index is 0.0162. The molecule has 0 aromatic carbocycles. The molecule has 2 bridgehead atoms. The number of aryl methyl sites for hydroxylation is 1. The van der Waals surface area contributed by atoms with Crippen LogP contribution in [0.5, 0.6) is 0 Å². The number of hydrogen-bond donors (Lipinski definition) is 1. The summed E-state index contributed by atoms with van der Waals surface area (Å²) in [7, 11) is 0. The molecular formula is C29H46N6O3. The van der Waals surface area contributed by atoms with Gasteiger partial charge in [-0.2, -0.15) is 0 Å². The number of piperidine rings is 2. The van der Waals surface area contributed by atoms with Gasteiger partial charge in [0.05, 0.1) is 0 Å². The molecule has 5 atom stereocenters. The molecule has 0 aliphatic carbocycles. The summed E-state index contributed by atoms with van der Waals surface area (Å²) >= 11 is 0. The van der Waals surface area contributed by atoms with E-state index in [-0.39, 0.29) is 47.6 Å². The Labute approximate surface area is 227 Å². The molecular weight excluding hydrogens is 480 g/mol. The van der Waals surface area contributed by atoms with E-state index in [0.717, 1.165) is 70.2 Å². The van der Waals surface area contributed by atoms with Crippen LogP contribution in [0.4, 0.5) is 0 Å². The lowest BCUT2D eigenvalue weighted by atomic mass is 9.77.